The van der Waals surface area contributed by atoms with Crippen LogP contribution in [0.25, 0.3) is 5.76 Å². The van der Waals surface area contributed by atoms with Crippen LogP contribution in [-0.2, 0) is 4.84 Å². The molecule has 154 valence electrons. The van der Waals surface area contributed by atoms with Gasteiger partial charge in [0.2, 0.25) is 5.95 Å². The molecule has 1 saturated heterocycles. The minimum atomic E-state index is -0.212. The summed E-state index contributed by atoms with van der Waals surface area (Å²) in [6.07, 6.45) is 6.38. The molecule has 1 aromatic heterocycles. The first-order valence-corrected chi connectivity index (χ1v) is 9.85. The molecule has 0 spiro atoms. The number of rotatable bonds is 3. The highest BCUT2D eigenvalue weighted by molar-refractivity contribution is 5.71. The van der Waals surface area contributed by atoms with E-state index < -0.39 is 0 Å². The van der Waals surface area contributed by atoms with Gasteiger partial charge in [-0.3, -0.25) is 0 Å². The molecule has 1 fully saturated rings. The van der Waals surface area contributed by atoms with Crippen LogP contribution in [0.1, 0.15) is 31.5 Å². The van der Waals surface area contributed by atoms with Gasteiger partial charge in [0, 0.05) is 41.8 Å². The van der Waals surface area contributed by atoms with Crippen molar-refractivity contribution >= 4 is 17.4 Å². The first-order chi connectivity index (χ1) is 14.0. The van der Waals surface area contributed by atoms with Crippen molar-refractivity contribution in [2.75, 3.05) is 23.7 Å². The van der Waals surface area contributed by atoms with Gasteiger partial charge in [0.05, 0.1) is 12.1 Å². The number of aryl methyl sites for hydroxylation is 1. The molecule has 3 heterocycles. The highest BCUT2D eigenvalue weighted by atomic mass is 16.7. The maximum atomic E-state index is 9.69. The molecule has 0 bridgehead atoms. The van der Waals surface area contributed by atoms with Gasteiger partial charge in [-0.1, -0.05) is 24.3 Å². The molecular weight excluding hydrogens is 366 g/mol. The van der Waals surface area contributed by atoms with E-state index in [2.05, 4.69) is 51.5 Å². The first-order valence-electron chi connectivity index (χ1n) is 9.85. The van der Waals surface area contributed by atoms with Gasteiger partial charge in [-0.25, -0.2) is 9.97 Å². The number of nitrogens with one attached hydrogen (secondary N) is 1. The summed E-state index contributed by atoms with van der Waals surface area (Å²) in [7, 11) is 0. The Hall–Kier alpha value is -2.90. The molecule has 2 unspecified atom stereocenters. The molecular formula is C22H29N5O2. The quantitative estimate of drug-likeness (QED) is 0.735. The summed E-state index contributed by atoms with van der Waals surface area (Å²) in [5.74, 6) is 1.23. The molecule has 2 atom stereocenters. The summed E-state index contributed by atoms with van der Waals surface area (Å²) < 4.78 is 0. The normalized spacial score (nSPS) is 21.3. The Bertz CT molecular complexity index is 879. The summed E-state index contributed by atoms with van der Waals surface area (Å²) in [6.45, 7) is 7.58. The largest absolute Gasteiger partial charge is 0.407 e. The third kappa shape index (κ3) is 5.34. The lowest BCUT2D eigenvalue weighted by atomic mass is 10.0. The fraction of sp³-hybridized carbons (Fsp3) is 0.364. The summed E-state index contributed by atoms with van der Waals surface area (Å²) in [5.41, 5.74) is 12.5. The Morgan fingerprint density at radius 3 is 2.79 bits per heavy atom. The van der Waals surface area contributed by atoms with E-state index in [1.54, 1.807) is 12.3 Å². The number of hydrogen-bond acceptors (Lipinski definition) is 7. The topological polar surface area (TPSA) is 96.5 Å². The molecule has 29 heavy (non-hydrogen) atoms. The third-order valence-corrected chi connectivity index (χ3v) is 4.86. The molecule has 2 aromatic rings. The number of hydroxylamine groups is 1. The predicted molar refractivity (Wildman–Crippen MR) is 116 cm³/mol. The van der Waals surface area contributed by atoms with Crippen LogP contribution in [0.15, 0.2) is 54.3 Å². The molecule has 0 saturated carbocycles. The lowest BCUT2D eigenvalue weighted by Gasteiger charge is -2.18. The molecule has 7 heteroatoms. The van der Waals surface area contributed by atoms with Crippen molar-refractivity contribution in [2.45, 2.75) is 39.3 Å². The molecule has 7 nitrogen and oxygen atoms in total. The van der Waals surface area contributed by atoms with Crippen LogP contribution < -0.4 is 16.1 Å². The number of benzene rings is 1. The number of β-amino-alcohol motifs (C(OH)–C–C–N with tert-alkyl or cyclic N) is 1. The fourth-order valence-electron chi connectivity index (χ4n) is 3.38. The van der Waals surface area contributed by atoms with Crippen molar-refractivity contribution in [2.24, 2.45) is 0 Å². The first kappa shape index (κ1) is 20.8. The van der Waals surface area contributed by atoms with Gasteiger partial charge < -0.3 is 20.6 Å². The second-order valence-electron chi connectivity index (χ2n) is 7.22. The van der Waals surface area contributed by atoms with Gasteiger partial charge in [0.1, 0.15) is 0 Å². The number of aliphatic hydroxyl groups excluding tert-OH is 1. The molecule has 0 aliphatic carbocycles. The molecule has 0 radical (unpaired) electrons. The standard InChI is InChI=1S/C17H22N2O2.C5H7N3/c1-3-5-16-12(2)18-21-17(16)13-6-4-7-14(10-13)19-9-8-15(20)11-19;1-4-2-3-7-5(6)8-4/h3-7,10,12,15,18,20H,8-9,11H2,1-2H3;2-3H,1H3,(H2,6,7,8)/b5-3-;. The van der Waals surface area contributed by atoms with Crippen LogP contribution in [0.4, 0.5) is 11.6 Å². The van der Waals surface area contributed by atoms with Crippen molar-refractivity contribution < 1.29 is 9.94 Å². The van der Waals surface area contributed by atoms with Crippen molar-refractivity contribution in [1.29, 1.82) is 0 Å². The number of nitrogens with two attached hydrogens (primary N) is 1. The Kier molecular flexibility index (Phi) is 6.85. The minimum absolute atomic E-state index is 0.188. The average molecular weight is 396 g/mol. The maximum Gasteiger partial charge on any atom is 0.220 e. The number of hydrogen-bond donors (Lipinski definition) is 3. The second-order valence-corrected chi connectivity index (χ2v) is 7.22. The van der Waals surface area contributed by atoms with Gasteiger partial charge in [0.15, 0.2) is 5.76 Å². The monoisotopic (exact) mass is 395 g/mol. The number of aliphatic hydroxyl groups is 1. The maximum absolute atomic E-state index is 9.69. The Morgan fingerprint density at radius 1 is 1.34 bits per heavy atom. The highest BCUT2D eigenvalue weighted by Gasteiger charge is 2.24. The lowest BCUT2D eigenvalue weighted by Crippen LogP contribution is -2.21. The number of anilines is 2. The second kappa shape index (κ2) is 9.54. The van der Waals surface area contributed by atoms with Crippen LogP contribution >= 0.6 is 0 Å². The highest BCUT2D eigenvalue weighted by Crippen LogP contribution is 2.31. The van der Waals surface area contributed by atoms with Crippen molar-refractivity contribution in [3.8, 4) is 0 Å². The molecule has 4 N–H and O–H groups in total. The van der Waals surface area contributed by atoms with Crippen molar-refractivity contribution in [3.05, 3.63) is 65.5 Å². The number of nitrogen functional groups attached to an aromatic ring is 1. The van der Waals surface area contributed by atoms with E-state index in [0.717, 1.165) is 41.2 Å². The van der Waals surface area contributed by atoms with E-state index in [9.17, 15) is 5.11 Å². The van der Waals surface area contributed by atoms with E-state index in [0.29, 0.717) is 12.5 Å². The van der Waals surface area contributed by atoms with Crippen LogP contribution in [0, 0.1) is 6.92 Å². The number of aromatic nitrogens is 2. The van der Waals surface area contributed by atoms with Crippen LogP contribution in [0.3, 0.4) is 0 Å². The van der Waals surface area contributed by atoms with Gasteiger partial charge in [-0.05, 0) is 45.4 Å². The Balaban J connectivity index is 0.000000252. The summed E-state index contributed by atoms with van der Waals surface area (Å²) in [6, 6.07) is 10.3. The Labute approximate surface area is 171 Å². The predicted octanol–water partition coefficient (Wildman–Crippen LogP) is 2.84. The molecule has 4 rings (SSSR count). The van der Waals surface area contributed by atoms with Gasteiger partial charge >= 0.3 is 0 Å². The zero-order valence-corrected chi connectivity index (χ0v) is 17.2. The summed E-state index contributed by atoms with van der Waals surface area (Å²) in [4.78, 5) is 15.4. The zero-order chi connectivity index (χ0) is 20.8. The molecule has 1 aromatic carbocycles. The minimum Gasteiger partial charge on any atom is -0.407 e. The summed E-state index contributed by atoms with van der Waals surface area (Å²) in [5, 5.41) is 9.69. The Morgan fingerprint density at radius 2 is 2.17 bits per heavy atom. The molecule has 2 aliphatic heterocycles. The molecule has 0 amide bonds. The van der Waals surface area contributed by atoms with E-state index in [-0.39, 0.29) is 12.1 Å². The number of nitrogens with zero attached hydrogens (tertiary/aromatic N) is 3. The zero-order valence-electron chi connectivity index (χ0n) is 17.2. The summed E-state index contributed by atoms with van der Waals surface area (Å²) >= 11 is 0. The van der Waals surface area contributed by atoms with Crippen molar-refractivity contribution in [3.63, 3.8) is 0 Å². The molecule has 2 aliphatic rings. The SMILES string of the molecule is C/C=C\C1=C(c2cccc(N3CCC(O)C3)c2)ONC1C.Cc1ccnc(N)n1. The van der Waals surface area contributed by atoms with Crippen LogP contribution in [-0.4, -0.2) is 40.3 Å². The van der Waals surface area contributed by atoms with Gasteiger partial charge in [-0.2, -0.15) is 0 Å². The van der Waals surface area contributed by atoms with E-state index in [1.165, 1.54) is 0 Å². The van der Waals surface area contributed by atoms with E-state index in [4.69, 9.17) is 10.6 Å². The number of allylic oxidation sites excluding steroid dienone is 1. The smallest absolute Gasteiger partial charge is 0.220 e. The fourth-order valence-corrected chi connectivity index (χ4v) is 3.38. The van der Waals surface area contributed by atoms with Crippen LogP contribution in [0.5, 0.6) is 0 Å². The van der Waals surface area contributed by atoms with Gasteiger partial charge in [-0.15, -0.1) is 5.48 Å². The third-order valence-electron chi connectivity index (χ3n) is 4.86. The van der Waals surface area contributed by atoms with Crippen molar-refractivity contribution in [1.82, 2.24) is 15.4 Å². The lowest BCUT2D eigenvalue weighted by molar-refractivity contribution is 0.166. The van der Waals surface area contributed by atoms with Crippen LogP contribution in [0.2, 0.25) is 0 Å². The van der Waals surface area contributed by atoms with Gasteiger partial charge in [0.25, 0.3) is 0 Å². The van der Waals surface area contributed by atoms with E-state index in [1.807, 2.05) is 26.0 Å². The average Bonchev–Trinajstić information content (AvgIpc) is 3.29. The van der Waals surface area contributed by atoms with E-state index >= 15 is 0 Å².